The van der Waals surface area contributed by atoms with Gasteiger partial charge in [0.2, 0.25) is 11.8 Å². The van der Waals surface area contributed by atoms with E-state index in [1.165, 1.54) is 16.8 Å². The standard InChI is InChI=1S/C22H27N5O9S/c1-11(2)17-18-12(3)15(9-25(4)10-16(28)24-37(23,34)35)19(26(18)20(17)29)22(31)36-21(30)13-5-7-14(8-6-13)27(32)33/h5-8,11-12,17-18H,9-10H2,1-4H3,(H,24,28)(H2,23,34,35)/t12-,17+,18+/m0/s1. The van der Waals surface area contributed by atoms with Crippen LogP contribution in [0.2, 0.25) is 0 Å². The second kappa shape index (κ2) is 10.4. The molecule has 3 N–H and O–H groups in total. The van der Waals surface area contributed by atoms with Gasteiger partial charge in [-0.15, -0.1) is 0 Å². The van der Waals surface area contributed by atoms with E-state index in [1.807, 2.05) is 20.8 Å². The predicted molar refractivity (Wildman–Crippen MR) is 127 cm³/mol. The quantitative estimate of drug-likeness (QED) is 0.141. The van der Waals surface area contributed by atoms with Crippen molar-refractivity contribution < 1.29 is 37.3 Å². The number of β-lactam (4-membered cyclic amide) rings is 1. The van der Waals surface area contributed by atoms with Gasteiger partial charge in [0.25, 0.3) is 15.9 Å². The average Bonchev–Trinajstić information content (AvgIpc) is 3.00. The molecule has 1 fully saturated rings. The van der Waals surface area contributed by atoms with Crippen LogP contribution in [0.3, 0.4) is 0 Å². The molecule has 2 heterocycles. The highest BCUT2D eigenvalue weighted by Gasteiger charge is 2.59. The molecule has 3 atom stereocenters. The Kier molecular flexibility index (Phi) is 7.80. The lowest BCUT2D eigenvalue weighted by molar-refractivity contribution is -0.384. The molecule has 3 rings (SSSR count). The molecule has 200 valence electrons. The maximum Gasteiger partial charge on any atom is 0.362 e. The van der Waals surface area contributed by atoms with Crippen LogP contribution in [0.4, 0.5) is 5.69 Å². The summed E-state index contributed by atoms with van der Waals surface area (Å²) in [6, 6.07) is 4.11. The average molecular weight is 538 g/mol. The molecule has 0 unspecified atom stereocenters. The van der Waals surface area contributed by atoms with Crippen molar-refractivity contribution in [1.82, 2.24) is 14.5 Å². The van der Waals surface area contributed by atoms with Crippen LogP contribution in [0.25, 0.3) is 0 Å². The molecule has 0 aromatic heterocycles. The minimum atomic E-state index is -4.25. The molecule has 2 aliphatic heterocycles. The lowest BCUT2D eigenvalue weighted by atomic mass is 9.74. The Hall–Kier alpha value is -3.69. The Morgan fingerprint density at radius 2 is 1.81 bits per heavy atom. The summed E-state index contributed by atoms with van der Waals surface area (Å²) in [5.74, 6) is -4.04. The monoisotopic (exact) mass is 537 g/mol. The lowest BCUT2D eigenvalue weighted by Crippen LogP contribution is -2.62. The number of carbonyl (C=O) groups excluding carboxylic acids is 4. The summed E-state index contributed by atoms with van der Waals surface area (Å²) < 4.78 is 28.9. The number of rotatable bonds is 9. The highest BCUT2D eigenvalue weighted by atomic mass is 32.2. The Bertz CT molecular complexity index is 1290. The molecule has 0 bridgehead atoms. The molecule has 15 heteroatoms. The Morgan fingerprint density at radius 1 is 1.22 bits per heavy atom. The topological polar surface area (TPSA) is 199 Å². The minimum Gasteiger partial charge on any atom is -0.385 e. The normalized spacial score (nSPS) is 21.1. The fourth-order valence-corrected chi connectivity index (χ4v) is 5.11. The number of nitro benzene ring substituents is 1. The lowest BCUT2D eigenvalue weighted by Gasteiger charge is -2.47. The molecule has 37 heavy (non-hydrogen) atoms. The van der Waals surface area contributed by atoms with Crippen molar-refractivity contribution >= 4 is 39.6 Å². The first-order valence-electron chi connectivity index (χ1n) is 11.2. The van der Waals surface area contributed by atoms with Crippen LogP contribution in [-0.4, -0.2) is 73.1 Å². The third kappa shape index (κ3) is 5.84. The molecule has 0 aliphatic carbocycles. The summed E-state index contributed by atoms with van der Waals surface area (Å²) in [5, 5.41) is 15.7. The molecule has 0 radical (unpaired) electrons. The molecule has 1 saturated heterocycles. The number of carbonyl (C=O) groups is 4. The van der Waals surface area contributed by atoms with E-state index in [0.717, 1.165) is 24.3 Å². The summed E-state index contributed by atoms with van der Waals surface area (Å²) in [6.45, 7) is 5.17. The van der Waals surface area contributed by atoms with E-state index in [2.05, 4.69) is 0 Å². The fraction of sp³-hybridized carbons (Fsp3) is 0.455. The molecule has 0 saturated carbocycles. The summed E-state index contributed by atoms with van der Waals surface area (Å²) in [4.78, 5) is 63.6. The Balaban J connectivity index is 1.86. The van der Waals surface area contributed by atoms with Crippen LogP contribution in [0.1, 0.15) is 31.1 Å². The van der Waals surface area contributed by atoms with Crippen LogP contribution in [0.15, 0.2) is 35.5 Å². The second-order valence-electron chi connectivity index (χ2n) is 9.35. The maximum absolute atomic E-state index is 13.2. The van der Waals surface area contributed by atoms with E-state index in [9.17, 15) is 37.7 Å². The number of hydrogen-bond donors (Lipinski definition) is 2. The van der Waals surface area contributed by atoms with Crippen molar-refractivity contribution in [3.05, 3.63) is 51.2 Å². The number of nitrogens with two attached hydrogens (primary N) is 1. The molecule has 14 nitrogen and oxygen atoms in total. The fourth-order valence-electron chi connectivity index (χ4n) is 4.72. The van der Waals surface area contributed by atoms with Crippen LogP contribution in [0, 0.1) is 27.9 Å². The van der Waals surface area contributed by atoms with E-state index in [-0.39, 0.29) is 59.7 Å². The van der Waals surface area contributed by atoms with Gasteiger partial charge in [0.05, 0.1) is 29.0 Å². The summed E-state index contributed by atoms with van der Waals surface area (Å²) >= 11 is 0. The van der Waals surface area contributed by atoms with Gasteiger partial charge in [0.1, 0.15) is 5.70 Å². The molecular weight excluding hydrogens is 510 g/mol. The number of fused-ring (bicyclic) bond motifs is 1. The number of nitro groups is 1. The minimum absolute atomic E-state index is 0.0134. The molecule has 0 spiro atoms. The number of esters is 2. The number of non-ortho nitro benzene ring substituents is 1. The zero-order chi connectivity index (χ0) is 27.8. The summed E-state index contributed by atoms with van der Waals surface area (Å²) in [7, 11) is -2.75. The van der Waals surface area contributed by atoms with E-state index in [1.54, 1.807) is 4.72 Å². The van der Waals surface area contributed by atoms with E-state index < -0.39 is 33.0 Å². The van der Waals surface area contributed by atoms with Gasteiger partial charge in [-0.05, 0) is 30.7 Å². The first-order valence-corrected chi connectivity index (χ1v) is 12.8. The number of likely N-dealkylation sites (N-methyl/N-ethyl adjacent to an activating group) is 1. The van der Waals surface area contributed by atoms with Gasteiger partial charge in [-0.25, -0.2) is 19.5 Å². The number of nitrogens with zero attached hydrogens (tertiary/aromatic N) is 3. The first-order chi connectivity index (χ1) is 17.1. The predicted octanol–water partition coefficient (Wildman–Crippen LogP) is -0.0835. The van der Waals surface area contributed by atoms with Gasteiger partial charge in [0, 0.05) is 24.6 Å². The second-order valence-corrected chi connectivity index (χ2v) is 10.6. The van der Waals surface area contributed by atoms with Crippen molar-refractivity contribution in [2.24, 2.45) is 22.9 Å². The molecule has 1 aromatic rings. The van der Waals surface area contributed by atoms with Gasteiger partial charge in [-0.3, -0.25) is 24.6 Å². The largest absolute Gasteiger partial charge is 0.385 e. The Morgan fingerprint density at radius 3 is 2.32 bits per heavy atom. The molecule has 1 aromatic carbocycles. The molecule has 2 aliphatic rings. The van der Waals surface area contributed by atoms with Crippen molar-refractivity contribution in [3.8, 4) is 0 Å². The zero-order valence-corrected chi connectivity index (χ0v) is 21.4. The number of amides is 2. The third-order valence-electron chi connectivity index (χ3n) is 6.32. The highest BCUT2D eigenvalue weighted by molar-refractivity contribution is 7.87. The van der Waals surface area contributed by atoms with Gasteiger partial charge in [0.15, 0.2) is 0 Å². The van der Waals surface area contributed by atoms with Gasteiger partial charge < -0.3 is 9.64 Å². The van der Waals surface area contributed by atoms with E-state index in [0.29, 0.717) is 5.57 Å². The van der Waals surface area contributed by atoms with Crippen LogP contribution in [0.5, 0.6) is 0 Å². The van der Waals surface area contributed by atoms with Crippen LogP contribution in [-0.2, 0) is 29.3 Å². The third-order valence-corrected chi connectivity index (χ3v) is 6.83. The van der Waals surface area contributed by atoms with Crippen molar-refractivity contribution in [3.63, 3.8) is 0 Å². The van der Waals surface area contributed by atoms with Crippen molar-refractivity contribution in [2.45, 2.75) is 26.8 Å². The van der Waals surface area contributed by atoms with Gasteiger partial charge in [-0.2, -0.15) is 8.42 Å². The van der Waals surface area contributed by atoms with Crippen LogP contribution >= 0.6 is 0 Å². The van der Waals surface area contributed by atoms with Gasteiger partial charge >= 0.3 is 11.9 Å². The van der Waals surface area contributed by atoms with Crippen molar-refractivity contribution in [1.29, 1.82) is 0 Å². The maximum atomic E-state index is 13.2. The number of ether oxygens (including phenoxy) is 1. The SMILES string of the molecule is CC(C)[C@H]1C(=O)N2C(C(=O)OC(=O)c3ccc([N+](=O)[O-])cc3)=C(CN(C)CC(=O)NS(N)(=O)=O)[C@H](C)[C@H]12. The highest BCUT2D eigenvalue weighted by Crippen LogP contribution is 2.48. The Labute approximate surface area is 212 Å². The van der Waals surface area contributed by atoms with Crippen molar-refractivity contribution in [2.75, 3.05) is 20.1 Å². The van der Waals surface area contributed by atoms with Gasteiger partial charge in [-0.1, -0.05) is 20.8 Å². The molecule has 2 amide bonds. The molecular formula is C22H27N5O9S. The number of benzene rings is 1. The summed E-state index contributed by atoms with van der Waals surface area (Å²) in [5.41, 5.74) is -0.0292. The summed E-state index contributed by atoms with van der Waals surface area (Å²) in [6.07, 6.45) is 0. The zero-order valence-electron chi connectivity index (χ0n) is 20.5. The van der Waals surface area contributed by atoms with Crippen LogP contribution < -0.4 is 9.86 Å². The smallest absolute Gasteiger partial charge is 0.362 e. The van der Waals surface area contributed by atoms with E-state index in [4.69, 9.17) is 9.88 Å². The first kappa shape index (κ1) is 27.9. The van der Waals surface area contributed by atoms with E-state index >= 15 is 0 Å². The number of nitrogens with one attached hydrogen (secondary N) is 1. The number of hydrogen-bond acceptors (Lipinski definition) is 10.